The fourth-order valence-corrected chi connectivity index (χ4v) is 1.89. The highest BCUT2D eigenvalue weighted by molar-refractivity contribution is 6.30. The molecule has 0 fully saturated rings. The number of hydrogen-bond acceptors (Lipinski definition) is 4. The van der Waals surface area contributed by atoms with Crippen molar-refractivity contribution in [2.45, 2.75) is 0 Å². The number of anilines is 2. The first-order valence-electron chi connectivity index (χ1n) is 6.11. The van der Waals surface area contributed by atoms with Crippen LogP contribution in [0, 0.1) is 11.3 Å². The monoisotopic (exact) mass is 287 g/mol. The maximum absolute atomic E-state index is 9.02. The summed E-state index contributed by atoms with van der Waals surface area (Å²) in [4.78, 5) is 0. The fourth-order valence-electron chi connectivity index (χ4n) is 1.72. The lowest BCUT2D eigenvalue weighted by Gasteiger charge is -2.11. The molecule has 0 unspecified atom stereocenters. The minimum absolute atomic E-state index is 0.446. The van der Waals surface area contributed by atoms with E-state index in [0.29, 0.717) is 35.2 Å². The molecule has 20 heavy (non-hydrogen) atoms. The third-order valence-electron chi connectivity index (χ3n) is 2.70. The predicted octanol–water partition coefficient (Wildman–Crippen LogP) is 3.28. The van der Waals surface area contributed by atoms with Crippen LogP contribution in [-0.4, -0.2) is 13.2 Å². The van der Waals surface area contributed by atoms with Gasteiger partial charge in [0.25, 0.3) is 0 Å². The number of nitrogens with zero attached hydrogens (tertiary/aromatic N) is 1. The molecule has 0 aromatic heterocycles. The van der Waals surface area contributed by atoms with E-state index >= 15 is 0 Å². The molecular formula is C15H14ClN3O. The summed E-state index contributed by atoms with van der Waals surface area (Å²) in [5, 5.41) is 12.7. The first-order valence-corrected chi connectivity index (χ1v) is 6.49. The number of nitrogens with two attached hydrogens (primary N) is 1. The minimum atomic E-state index is 0.446. The van der Waals surface area contributed by atoms with Crippen LogP contribution in [0.5, 0.6) is 5.75 Å². The van der Waals surface area contributed by atoms with Gasteiger partial charge in [0.05, 0.1) is 16.9 Å². The zero-order valence-electron chi connectivity index (χ0n) is 10.8. The van der Waals surface area contributed by atoms with Crippen molar-refractivity contribution in [2.75, 3.05) is 24.2 Å². The molecule has 0 heterocycles. The Morgan fingerprint density at radius 1 is 1.25 bits per heavy atom. The zero-order chi connectivity index (χ0) is 14.4. The standard InChI is InChI=1S/C15H14ClN3O/c16-12-5-6-14(11(9-12)10-17)19-7-8-20-15-4-2-1-3-13(15)18/h1-6,9,19H,7-8,18H2. The van der Waals surface area contributed by atoms with Crippen molar-refractivity contribution in [1.82, 2.24) is 0 Å². The van der Waals surface area contributed by atoms with Crippen molar-refractivity contribution in [3.8, 4) is 11.8 Å². The quantitative estimate of drug-likeness (QED) is 0.654. The van der Waals surface area contributed by atoms with Crippen LogP contribution >= 0.6 is 11.6 Å². The van der Waals surface area contributed by atoms with E-state index in [2.05, 4.69) is 11.4 Å². The van der Waals surface area contributed by atoms with E-state index in [1.165, 1.54) is 0 Å². The van der Waals surface area contributed by atoms with Crippen molar-refractivity contribution in [3.63, 3.8) is 0 Å². The Bertz CT molecular complexity index is 637. The van der Waals surface area contributed by atoms with Gasteiger partial charge in [-0.3, -0.25) is 0 Å². The van der Waals surface area contributed by atoms with Gasteiger partial charge in [-0.1, -0.05) is 23.7 Å². The molecule has 2 rings (SSSR count). The minimum Gasteiger partial charge on any atom is -0.490 e. The lowest BCUT2D eigenvalue weighted by molar-refractivity contribution is 0.334. The normalized spacial score (nSPS) is 9.80. The highest BCUT2D eigenvalue weighted by atomic mass is 35.5. The molecule has 0 atom stereocenters. The molecule has 0 spiro atoms. The van der Waals surface area contributed by atoms with E-state index in [-0.39, 0.29) is 0 Å². The number of para-hydroxylation sites is 2. The van der Waals surface area contributed by atoms with Crippen LogP contribution in [0.3, 0.4) is 0 Å². The smallest absolute Gasteiger partial charge is 0.142 e. The number of nitriles is 1. The van der Waals surface area contributed by atoms with Gasteiger partial charge < -0.3 is 15.8 Å². The molecule has 2 aromatic rings. The van der Waals surface area contributed by atoms with E-state index in [9.17, 15) is 0 Å². The number of halogens is 1. The molecular weight excluding hydrogens is 274 g/mol. The van der Waals surface area contributed by atoms with Crippen molar-refractivity contribution in [1.29, 1.82) is 5.26 Å². The van der Waals surface area contributed by atoms with Gasteiger partial charge in [-0.2, -0.15) is 5.26 Å². The lowest BCUT2D eigenvalue weighted by Crippen LogP contribution is -2.12. The number of ether oxygens (including phenoxy) is 1. The van der Waals surface area contributed by atoms with Crippen LogP contribution < -0.4 is 15.8 Å². The predicted molar refractivity (Wildman–Crippen MR) is 81.0 cm³/mol. The van der Waals surface area contributed by atoms with Crippen molar-refractivity contribution >= 4 is 23.0 Å². The van der Waals surface area contributed by atoms with Gasteiger partial charge in [-0.15, -0.1) is 0 Å². The SMILES string of the molecule is N#Cc1cc(Cl)ccc1NCCOc1ccccc1N. The van der Waals surface area contributed by atoms with E-state index in [4.69, 9.17) is 27.3 Å². The summed E-state index contributed by atoms with van der Waals surface area (Å²) in [6, 6.07) is 14.6. The van der Waals surface area contributed by atoms with Gasteiger partial charge in [-0.25, -0.2) is 0 Å². The highest BCUT2D eigenvalue weighted by Gasteiger charge is 2.03. The molecule has 102 valence electrons. The lowest BCUT2D eigenvalue weighted by atomic mass is 10.2. The Morgan fingerprint density at radius 2 is 2.05 bits per heavy atom. The number of hydrogen-bond donors (Lipinski definition) is 2. The van der Waals surface area contributed by atoms with Crippen molar-refractivity contribution < 1.29 is 4.74 Å². The van der Waals surface area contributed by atoms with Crippen LogP contribution in [0.25, 0.3) is 0 Å². The van der Waals surface area contributed by atoms with Crippen LogP contribution in [0.4, 0.5) is 11.4 Å². The third kappa shape index (κ3) is 3.56. The summed E-state index contributed by atoms with van der Waals surface area (Å²) >= 11 is 5.84. The summed E-state index contributed by atoms with van der Waals surface area (Å²) in [7, 11) is 0. The van der Waals surface area contributed by atoms with Gasteiger partial charge in [-0.05, 0) is 30.3 Å². The largest absolute Gasteiger partial charge is 0.490 e. The van der Waals surface area contributed by atoms with Crippen LogP contribution in [-0.2, 0) is 0 Å². The van der Waals surface area contributed by atoms with Crippen molar-refractivity contribution in [2.24, 2.45) is 0 Å². The second-order valence-electron chi connectivity index (χ2n) is 4.11. The van der Waals surface area contributed by atoms with Crippen LogP contribution in [0.1, 0.15) is 5.56 Å². The Labute approximate surface area is 122 Å². The molecule has 0 saturated heterocycles. The van der Waals surface area contributed by atoms with E-state index < -0.39 is 0 Å². The molecule has 0 amide bonds. The summed E-state index contributed by atoms with van der Waals surface area (Å²) < 4.78 is 5.56. The Balaban J connectivity index is 1.88. The third-order valence-corrected chi connectivity index (χ3v) is 2.93. The molecule has 0 bridgehead atoms. The van der Waals surface area contributed by atoms with Gasteiger partial charge in [0.2, 0.25) is 0 Å². The van der Waals surface area contributed by atoms with Crippen LogP contribution in [0.2, 0.25) is 5.02 Å². The molecule has 0 aliphatic heterocycles. The van der Waals surface area contributed by atoms with Gasteiger partial charge in [0.15, 0.2) is 0 Å². The molecule has 5 heteroatoms. The summed E-state index contributed by atoms with van der Waals surface area (Å²) in [5.41, 5.74) is 7.63. The first kappa shape index (κ1) is 14.0. The summed E-state index contributed by atoms with van der Waals surface area (Å²) in [6.07, 6.45) is 0. The highest BCUT2D eigenvalue weighted by Crippen LogP contribution is 2.21. The molecule has 0 saturated carbocycles. The molecule has 0 aliphatic carbocycles. The zero-order valence-corrected chi connectivity index (χ0v) is 11.5. The molecule has 0 radical (unpaired) electrons. The van der Waals surface area contributed by atoms with Gasteiger partial charge in [0.1, 0.15) is 18.4 Å². The fraction of sp³-hybridized carbons (Fsp3) is 0.133. The number of nitrogen functional groups attached to an aromatic ring is 1. The average Bonchev–Trinajstić information content (AvgIpc) is 2.46. The molecule has 3 N–H and O–H groups in total. The van der Waals surface area contributed by atoms with E-state index in [1.807, 2.05) is 18.2 Å². The van der Waals surface area contributed by atoms with Gasteiger partial charge >= 0.3 is 0 Å². The number of nitrogens with one attached hydrogen (secondary N) is 1. The Morgan fingerprint density at radius 3 is 2.80 bits per heavy atom. The van der Waals surface area contributed by atoms with Crippen molar-refractivity contribution in [3.05, 3.63) is 53.1 Å². The Kier molecular flexibility index (Phi) is 4.70. The summed E-state index contributed by atoms with van der Waals surface area (Å²) in [5.74, 6) is 0.658. The second-order valence-corrected chi connectivity index (χ2v) is 4.55. The number of benzene rings is 2. The molecule has 0 aliphatic rings. The summed E-state index contributed by atoms with van der Waals surface area (Å²) in [6.45, 7) is 1.01. The molecule has 4 nitrogen and oxygen atoms in total. The van der Waals surface area contributed by atoms with Crippen LogP contribution in [0.15, 0.2) is 42.5 Å². The topological polar surface area (TPSA) is 71.1 Å². The second kappa shape index (κ2) is 6.69. The Hall–Kier alpha value is -2.38. The first-order chi connectivity index (χ1) is 9.70. The van der Waals surface area contributed by atoms with E-state index in [0.717, 1.165) is 5.69 Å². The average molecular weight is 288 g/mol. The molecule has 2 aromatic carbocycles. The number of rotatable bonds is 5. The maximum Gasteiger partial charge on any atom is 0.142 e. The van der Waals surface area contributed by atoms with E-state index in [1.54, 1.807) is 24.3 Å². The maximum atomic E-state index is 9.02. The van der Waals surface area contributed by atoms with Gasteiger partial charge in [0, 0.05) is 11.6 Å².